The molecule has 1 rings (SSSR count). The maximum atomic E-state index is 12.2. The van der Waals surface area contributed by atoms with Gasteiger partial charge in [-0.3, -0.25) is 4.79 Å². The lowest BCUT2D eigenvalue weighted by Crippen LogP contribution is -2.38. The van der Waals surface area contributed by atoms with Crippen LogP contribution in [0.25, 0.3) is 0 Å². The Labute approximate surface area is 169 Å². The highest BCUT2D eigenvalue weighted by Gasteiger charge is 2.26. The smallest absolute Gasteiger partial charge is 0.357 e. The molecule has 148 valence electrons. The van der Waals surface area contributed by atoms with E-state index >= 15 is 0 Å². The maximum Gasteiger partial charge on any atom is 0.390 e. The van der Waals surface area contributed by atoms with Crippen LogP contribution in [-0.4, -0.2) is 37.7 Å². The van der Waals surface area contributed by atoms with E-state index in [4.69, 9.17) is 0 Å². The molecule has 1 aromatic carbocycles. The zero-order valence-corrected chi connectivity index (χ0v) is 17.3. The third-order valence-electron chi connectivity index (χ3n) is 3.19. The van der Waals surface area contributed by atoms with Gasteiger partial charge < -0.3 is 16.0 Å². The fourth-order valence-corrected chi connectivity index (χ4v) is 1.99. The van der Waals surface area contributed by atoms with Crippen LogP contribution in [0.3, 0.4) is 0 Å². The average molecular weight is 486 g/mol. The van der Waals surface area contributed by atoms with Gasteiger partial charge in [0.05, 0.1) is 13.0 Å². The first kappa shape index (κ1) is 24.5. The van der Waals surface area contributed by atoms with E-state index in [1.807, 2.05) is 19.9 Å². The first-order chi connectivity index (χ1) is 11.9. The van der Waals surface area contributed by atoms with Crippen molar-refractivity contribution >= 4 is 35.8 Å². The van der Waals surface area contributed by atoms with Gasteiger partial charge in [0.25, 0.3) is 5.91 Å². The van der Waals surface area contributed by atoms with Gasteiger partial charge in [-0.05, 0) is 31.0 Å². The van der Waals surface area contributed by atoms with E-state index in [2.05, 4.69) is 20.9 Å². The molecule has 0 aliphatic carbocycles. The van der Waals surface area contributed by atoms with Crippen LogP contribution in [0.4, 0.5) is 13.2 Å². The van der Waals surface area contributed by atoms with Gasteiger partial charge in [0.1, 0.15) is 0 Å². The number of carbonyl (C=O) groups excluding carboxylic acids is 1. The molecule has 1 aromatic rings. The Kier molecular flexibility index (Phi) is 12.0. The second-order valence-corrected chi connectivity index (χ2v) is 5.44. The van der Waals surface area contributed by atoms with Crippen molar-refractivity contribution in [3.63, 3.8) is 0 Å². The number of amides is 1. The Balaban J connectivity index is 0.00000625. The molecule has 1 amide bonds. The molecule has 0 spiro atoms. The number of hydrogen-bond donors (Lipinski definition) is 3. The van der Waals surface area contributed by atoms with Gasteiger partial charge >= 0.3 is 6.18 Å². The number of guanidine groups is 1. The number of benzene rings is 1. The van der Waals surface area contributed by atoms with Crippen molar-refractivity contribution in [3.8, 4) is 0 Å². The summed E-state index contributed by atoms with van der Waals surface area (Å²) in [7, 11) is 0. The highest BCUT2D eigenvalue weighted by Crippen LogP contribution is 2.18. The number of hydrogen-bond acceptors (Lipinski definition) is 2. The van der Waals surface area contributed by atoms with Crippen LogP contribution in [0.2, 0.25) is 0 Å². The fraction of sp³-hybridized carbons (Fsp3) is 0.529. The Morgan fingerprint density at radius 1 is 1.12 bits per heavy atom. The summed E-state index contributed by atoms with van der Waals surface area (Å²) in [6.07, 6.45) is -4.28. The topological polar surface area (TPSA) is 65.5 Å². The van der Waals surface area contributed by atoms with E-state index < -0.39 is 12.6 Å². The van der Waals surface area contributed by atoms with Crippen molar-refractivity contribution in [1.29, 1.82) is 0 Å². The number of nitrogens with one attached hydrogen (secondary N) is 3. The lowest BCUT2D eigenvalue weighted by atomic mass is 10.1. The molecule has 0 aliphatic heterocycles. The van der Waals surface area contributed by atoms with E-state index in [0.29, 0.717) is 24.6 Å². The monoisotopic (exact) mass is 486 g/mol. The Morgan fingerprint density at radius 3 is 2.46 bits per heavy atom. The van der Waals surface area contributed by atoms with Gasteiger partial charge in [0.15, 0.2) is 5.96 Å². The molecular weight excluding hydrogens is 460 g/mol. The van der Waals surface area contributed by atoms with Crippen molar-refractivity contribution in [1.82, 2.24) is 16.0 Å². The fourth-order valence-electron chi connectivity index (χ4n) is 1.99. The van der Waals surface area contributed by atoms with Crippen molar-refractivity contribution in [2.45, 2.75) is 39.4 Å². The highest BCUT2D eigenvalue weighted by molar-refractivity contribution is 14.0. The van der Waals surface area contributed by atoms with E-state index in [1.54, 1.807) is 18.2 Å². The third kappa shape index (κ3) is 10.5. The summed E-state index contributed by atoms with van der Waals surface area (Å²) in [6.45, 7) is 4.97. The van der Waals surface area contributed by atoms with Crippen molar-refractivity contribution in [2.75, 3.05) is 19.6 Å². The molecule has 9 heteroatoms. The predicted molar refractivity (Wildman–Crippen MR) is 108 cm³/mol. The van der Waals surface area contributed by atoms with Crippen molar-refractivity contribution < 1.29 is 18.0 Å². The van der Waals surface area contributed by atoms with Crippen LogP contribution >= 0.6 is 24.0 Å². The number of rotatable bonds is 8. The van der Waals surface area contributed by atoms with E-state index in [-0.39, 0.29) is 43.0 Å². The van der Waals surface area contributed by atoms with Gasteiger partial charge in [0.2, 0.25) is 0 Å². The summed E-state index contributed by atoms with van der Waals surface area (Å²) in [5.74, 6) is 0.162. The molecule has 0 heterocycles. The summed E-state index contributed by atoms with van der Waals surface area (Å²) >= 11 is 0. The Morgan fingerprint density at radius 2 is 1.85 bits per heavy atom. The standard InChI is InChI=1S/C17H25F3N4O.HI/c1-3-9-22-15(25)14-7-5-6-13(11-14)12-24-16(21-4-2)23-10-8-17(18,19)20;/h5-7,11H,3-4,8-10,12H2,1-2H3,(H,22,25)(H2,21,23,24);1H. The number of aliphatic imine (C=N–C) groups is 1. The van der Waals surface area contributed by atoms with Crippen LogP contribution < -0.4 is 16.0 Å². The summed E-state index contributed by atoms with van der Waals surface area (Å²) in [4.78, 5) is 16.2. The minimum atomic E-state index is -4.20. The molecule has 0 fully saturated rings. The zero-order valence-electron chi connectivity index (χ0n) is 14.9. The normalized spacial score (nSPS) is 11.5. The van der Waals surface area contributed by atoms with Gasteiger partial charge in [-0.25, -0.2) is 4.99 Å². The van der Waals surface area contributed by atoms with Gasteiger partial charge in [-0.15, -0.1) is 24.0 Å². The van der Waals surface area contributed by atoms with Gasteiger partial charge in [-0.1, -0.05) is 19.1 Å². The highest BCUT2D eigenvalue weighted by atomic mass is 127. The van der Waals surface area contributed by atoms with Crippen LogP contribution in [0.15, 0.2) is 29.3 Å². The average Bonchev–Trinajstić information content (AvgIpc) is 2.56. The zero-order chi connectivity index (χ0) is 18.7. The lowest BCUT2D eigenvalue weighted by Gasteiger charge is -2.12. The molecular formula is C17H26F3IN4O. The number of alkyl halides is 3. The molecule has 0 bridgehead atoms. The molecule has 3 N–H and O–H groups in total. The van der Waals surface area contributed by atoms with Crippen LogP contribution in [0.1, 0.15) is 42.6 Å². The minimum absolute atomic E-state index is 0. The minimum Gasteiger partial charge on any atom is -0.357 e. The number of nitrogens with zero attached hydrogens (tertiary/aromatic N) is 1. The number of halogens is 4. The molecule has 0 aliphatic rings. The van der Waals surface area contributed by atoms with Crippen LogP contribution in [0, 0.1) is 0 Å². The number of carbonyl (C=O) groups is 1. The Bertz CT molecular complexity index is 579. The summed E-state index contributed by atoms with van der Waals surface area (Å²) in [5.41, 5.74) is 1.34. The second-order valence-electron chi connectivity index (χ2n) is 5.44. The summed E-state index contributed by atoms with van der Waals surface area (Å²) in [6, 6.07) is 7.02. The largest absolute Gasteiger partial charge is 0.390 e. The third-order valence-corrected chi connectivity index (χ3v) is 3.19. The van der Waals surface area contributed by atoms with Crippen LogP contribution in [-0.2, 0) is 6.54 Å². The first-order valence-electron chi connectivity index (χ1n) is 8.31. The first-order valence-corrected chi connectivity index (χ1v) is 8.31. The molecule has 0 aromatic heterocycles. The van der Waals surface area contributed by atoms with E-state index in [9.17, 15) is 18.0 Å². The summed E-state index contributed by atoms with van der Waals surface area (Å²) < 4.78 is 36.6. The quantitative estimate of drug-likeness (QED) is 0.300. The summed E-state index contributed by atoms with van der Waals surface area (Å²) in [5, 5.41) is 8.35. The molecule has 5 nitrogen and oxygen atoms in total. The van der Waals surface area contributed by atoms with Gasteiger partial charge in [-0.2, -0.15) is 13.2 Å². The van der Waals surface area contributed by atoms with E-state index in [0.717, 1.165) is 12.0 Å². The molecule has 0 saturated heterocycles. The predicted octanol–water partition coefficient (Wildman–Crippen LogP) is 3.45. The molecule has 0 saturated carbocycles. The second kappa shape index (κ2) is 12.8. The Hall–Kier alpha value is -1.52. The molecule has 0 radical (unpaired) electrons. The van der Waals surface area contributed by atoms with E-state index in [1.165, 1.54) is 0 Å². The SMILES string of the molecule is CCCNC(=O)c1cccc(CN=C(NCC)NCCC(F)(F)F)c1.I. The van der Waals surface area contributed by atoms with Gasteiger partial charge in [0, 0.05) is 25.2 Å². The van der Waals surface area contributed by atoms with Crippen LogP contribution in [0.5, 0.6) is 0 Å². The molecule has 0 unspecified atom stereocenters. The molecule has 26 heavy (non-hydrogen) atoms. The van der Waals surface area contributed by atoms with Crippen molar-refractivity contribution in [2.24, 2.45) is 4.99 Å². The molecule has 0 atom stereocenters. The lowest BCUT2D eigenvalue weighted by molar-refractivity contribution is -0.132. The van der Waals surface area contributed by atoms with Crippen molar-refractivity contribution in [3.05, 3.63) is 35.4 Å². The maximum absolute atomic E-state index is 12.2.